The molecule has 0 aliphatic heterocycles. The Balaban J connectivity index is 2.01. The molecule has 0 aromatic carbocycles. The van der Waals surface area contributed by atoms with Crippen LogP contribution in [0.1, 0.15) is 21.9 Å². The summed E-state index contributed by atoms with van der Waals surface area (Å²) in [5.41, 5.74) is 0.0272. The van der Waals surface area contributed by atoms with E-state index in [1.165, 1.54) is 22.0 Å². The lowest BCUT2D eigenvalue weighted by Gasteiger charge is -2.02. The minimum atomic E-state index is -1.03. The topological polar surface area (TPSA) is 72.4 Å². The smallest absolute Gasteiger partial charge is 0.339 e. The Morgan fingerprint density at radius 1 is 1.45 bits per heavy atom. The van der Waals surface area contributed by atoms with Crippen molar-refractivity contribution in [3.63, 3.8) is 0 Å². The minimum absolute atomic E-state index is 0.102. The fourth-order valence-corrected chi connectivity index (χ4v) is 2.91. The van der Waals surface area contributed by atoms with E-state index in [0.717, 1.165) is 4.70 Å². The summed E-state index contributed by atoms with van der Waals surface area (Å²) in [5.74, 6) is -0.230. The molecule has 3 aromatic heterocycles. The van der Waals surface area contributed by atoms with E-state index < -0.39 is 5.97 Å². The van der Waals surface area contributed by atoms with Crippen LogP contribution in [-0.4, -0.2) is 15.6 Å². The summed E-state index contributed by atoms with van der Waals surface area (Å²) in [4.78, 5) is 23.2. The van der Waals surface area contributed by atoms with E-state index in [9.17, 15) is 9.59 Å². The van der Waals surface area contributed by atoms with Gasteiger partial charge in [0.15, 0.2) is 0 Å². The van der Waals surface area contributed by atoms with Crippen LogP contribution in [0.2, 0.25) is 0 Å². The molecule has 0 atom stereocenters. The van der Waals surface area contributed by atoms with Gasteiger partial charge in [0.05, 0.1) is 11.9 Å². The van der Waals surface area contributed by atoms with Crippen LogP contribution in [-0.2, 0) is 6.54 Å². The van der Waals surface area contributed by atoms with Crippen molar-refractivity contribution < 1.29 is 14.3 Å². The van der Waals surface area contributed by atoms with Crippen molar-refractivity contribution >= 4 is 27.4 Å². The van der Waals surface area contributed by atoms with E-state index in [1.807, 2.05) is 11.4 Å². The molecule has 0 amide bonds. The van der Waals surface area contributed by atoms with Crippen molar-refractivity contribution in [3.8, 4) is 0 Å². The molecule has 0 radical (unpaired) electrons. The van der Waals surface area contributed by atoms with E-state index in [4.69, 9.17) is 9.52 Å². The van der Waals surface area contributed by atoms with E-state index in [2.05, 4.69) is 0 Å². The zero-order valence-corrected chi connectivity index (χ0v) is 11.4. The Kier molecular flexibility index (Phi) is 2.94. The number of aromatic carboxylic acids is 1. The predicted molar refractivity (Wildman–Crippen MR) is 75.6 cm³/mol. The minimum Gasteiger partial charge on any atom is -0.478 e. The number of carbonyl (C=O) groups is 1. The Bertz CT molecular complexity index is 856. The van der Waals surface area contributed by atoms with Gasteiger partial charge in [0.25, 0.3) is 5.56 Å². The maximum atomic E-state index is 12.2. The molecular weight excluding hydrogens is 278 g/mol. The molecule has 0 unspecified atom stereocenters. The zero-order chi connectivity index (χ0) is 14.3. The molecule has 102 valence electrons. The summed E-state index contributed by atoms with van der Waals surface area (Å²) < 4.78 is 7.84. The standard InChI is InChI=1S/C14H11NO4S/c1-8-11(14(17)18)6-9(19-8)7-15-4-2-12-10(13(15)16)3-5-20-12/h2-6H,7H2,1H3,(H,17,18). The number of hydrogen-bond acceptors (Lipinski definition) is 4. The number of aromatic nitrogens is 1. The molecule has 3 aromatic rings. The van der Waals surface area contributed by atoms with Crippen LogP contribution in [0.5, 0.6) is 0 Å². The third kappa shape index (κ3) is 2.04. The average Bonchev–Trinajstić information content (AvgIpc) is 2.99. The highest BCUT2D eigenvalue weighted by atomic mass is 32.1. The summed E-state index contributed by atoms with van der Waals surface area (Å²) in [6.07, 6.45) is 1.69. The molecule has 3 heterocycles. The first kappa shape index (κ1) is 12.7. The second-order valence-electron chi connectivity index (χ2n) is 4.44. The van der Waals surface area contributed by atoms with Crippen LogP contribution in [0.3, 0.4) is 0 Å². The number of hydrogen-bond donors (Lipinski definition) is 1. The first-order chi connectivity index (χ1) is 9.56. The number of thiophene rings is 1. The first-order valence-corrected chi connectivity index (χ1v) is 6.83. The molecule has 0 saturated carbocycles. The summed E-state index contributed by atoms with van der Waals surface area (Å²) in [7, 11) is 0. The van der Waals surface area contributed by atoms with Crippen LogP contribution >= 0.6 is 11.3 Å². The average molecular weight is 289 g/mol. The summed E-state index contributed by atoms with van der Waals surface area (Å²) in [6.45, 7) is 1.82. The molecule has 6 heteroatoms. The first-order valence-electron chi connectivity index (χ1n) is 5.95. The number of fused-ring (bicyclic) bond motifs is 1. The molecule has 0 aliphatic rings. The molecule has 0 bridgehead atoms. The highest BCUT2D eigenvalue weighted by Gasteiger charge is 2.14. The monoisotopic (exact) mass is 289 g/mol. The highest BCUT2D eigenvalue weighted by Crippen LogP contribution is 2.18. The van der Waals surface area contributed by atoms with Crippen molar-refractivity contribution in [1.82, 2.24) is 4.57 Å². The van der Waals surface area contributed by atoms with Gasteiger partial charge in [0.2, 0.25) is 0 Å². The van der Waals surface area contributed by atoms with Gasteiger partial charge < -0.3 is 14.1 Å². The highest BCUT2D eigenvalue weighted by molar-refractivity contribution is 7.17. The maximum absolute atomic E-state index is 12.2. The number of aryl methyl sites for hydroxylation is 1. The van der Waals surface area contributed by atoms with Crippen molar-refractivity contribution in [2.45, 2.75) is 13.5 Å². The van der Waals surface area contributed by atoms with Gasteiger partial charge in [-0.2, -0.15) is 0 Å². The van der Waals surface area contributed by atoms with Gasteiger partial charge in [0, 0.05) is 10.9 Å². The van der Waals surface area contributed by atoms with Gasteiger partial charge in [-0.05, 0) is 30.5 Å². The van der Waals surface area contributed by atoms with Crippen LogP contribution in [0.4, 0.5) is 0 Å². The van der Waals surface area contributed by atoms with Crippen LogP contribution in [0, 0.1) is 6.92 Å². The Hall–Kier alpha value is -2.34. The van der Waals surface area contributed by atoms with Gasteiger partial charge in [0.1, 0.15) is 17.1 Å². The third-order valence-electron chi connectivity index (χ3n) is 3.12. The molecule has 0 spiro atoms. The zero-order valence-electron chi connectivity index (χ0n) is 10.6. The summed E-state index contributed by atoms with van der Waals surface area (Å²) in [6, 6.07) is 5.12. The van der Waals surface area contributed by atoms with Crippen molar-refractivity contribution in [1.29, 1.82) is 0 Å². The van der Waals surface area contributed by atoms with Crippen molar-refractivity contribution in [3.05, 3.63) is 57.2 Å². The SMILES string of the molecule is Cc1oc(Cn2ccc3sccc3c2=O)cc1C(=O)O. The van der Waals surface area contributed by atoms with Crippen LogP contribution in [0.15, 0.2) is 39.0 Å². The molecule has 0 fully saturated rings. The van der Waals surface area contributed by atoms with Crippen LogP contribution < -0.4 is 5.56 Å². The predicted octanol–water partition coefficient (Wildman–Crippen LogP) is 2.71. The second-order valence-corrected chi connectivity index (χ2v) is 5.38. The fourth-order valence-electron chi connectivity index (χ4n) is 2.13. The quantitative estimate of drug-likeness (QED) is 0.804. The number of furan rings is 1. The van der Waals surface area contributed by atoms with E-state index in [-0.39, 0.29) is 17.7 Å². The third-order valence-corrected chi connectivity index (χ3v) is 4.00. The number of nitrogens with zero attached hydrogens (tertiary/aromatic N) is 1. The molecular formula is C14H11NO4S. The second kappa shape index (κ2) is 4.64. The number of pyridine rings is 1. The van der Waals surface area contributed by atoms with Gasteiger partial charge in [-0.1, -0.05) is 0 Å². The molecule has 5 nitrogen and oxygen atoms in total. The number of carboxylic acids is 1. The molecule has 0 aliphatic carbocycles. The van der Waals surface area contributed by atoms with Gasteiger partial charge >= 0.3 is 5.97 Å². The summed E-state index contributed by atoms with van der Waals surface area (Å²) >= 11 is 1.51. The van der Waals surface area contributed by atoms with E-state index in [0.29, 0.717) is 16.9 Å². The fraction of sp³-hybridized carbons (Fsp3) is 0.143. The lowest BCUT2D eigenvalue weighted by molar-refractivity contribution is 0.0695. The molecule has 20 heavy (non-hydrogen) atoms. The number of carboxylic acid groups (broad SMARTS) is 1. The van der Waals surface area contributed by atoms with Gasteiger partial charge in [-0.15, -0.1) is 11.3 Å². The van der Waals surface area contributed by atoms with Gasteiger partial charge in [-0.3, -0.25) is 4.79 Å². The lowest BCUT2D eigenvalue weighted by Crippen LogP contribution is -2.19. The normalized spacial score (nSPS) is 11.1. The number of rotatable bonds is 3. The Morgan fingerprint density at radius 3 is 2.95 bits per heavy atom. The maximum Gasteiger partial charge on any atom is 0.339 e. The van der Waals surface area contributed by atoms with Crippen LogP contribution in [0.25, 0.3) is 10.1 Å². The van der Waals surface area contributed by atoms with Crippen molar-refractivity contribution in [2.24, 2.45) is 0 Å². The molecule has 0 saturated heterocycles. The molecule has 3 rings (SSSR count). The van der Waals surface area contributed by atoms with E-state index >= 15 is 0 Å². The largest absolute Gasteiger partial charge is 0.478 e. The Labute approximate surface area is 117 Å². The van der Waals surface area contributed by atoms with Crippen molar-refractivity contribution in [2.75, 3.05) is 0 Å². The Morgan fingerprint density at radius 2 is 2.25 bits per heavy atom. The van der Waals surface area contributed by atoms with Gasteiger partial charge in [-0.25, -0.2) is 4.79 Å². The lowest BCUT2D eigenvalue weighted by atomic mass is 10.2. The summed E-state index contributed by atoms with van der Waals surface area (Å²) in [5, 5.41) is 11.5. The molecule has 1 N–H and O–H groups in total. The van der Waals surface area contributed by atoms with E-state index in [1.54, 1.807) is 19.2 Å².